The third-order valence-corrected chi connectivity index (χ3v) is 5.56. The van der Waals surface area contributed by atoms with Crippen LogP contribution in [0.1, 0.15) is 28.8 Å². The smallest absolute Gasteiger partial charge is 0.257 e. The standard InChI is InChI=1S/C23H24N2O3/c1-24(15-19-7-4-6-17-5-2-3-8-21(17)19)22(26)18-9-12-25(13-10-18)23(27)20-11-14-28-16-20/h2-8,11,14,16,18H,9-10,12-13,15H2,1H3. The summed E-state index contributed by atoms with van der Waals surface area (Å²) in [6.45, 7) is 1.79. The van der Waals surface area contributed by atoms with E-state index in [1.807, 2.05) is 30.1 Å². The average Bonchev–Trinajstić information content (AvgIpc) is 3.28. The van der Waals surface area contributed by atoms with Gasteiger partial charge in [0.25, 0.3) is 5.91 Å². The number of furan rings is 1. The lowest BCUT2D eigenvalue weighted by Gasteiger charge is -2.33. The monoisotopic (exact) mass is 376 g/mol. The lowest BCUT2D eigenvalue weighted by atomic mass is 9.94. The van der Waals surface area contributed by atoms with Crippen molar-refractivity contribution in [1.29, 1.82) is 0 Å². The summed E-state index contributed by atoms with van der Waals surface area (Å²) in [5.74, 6) is 0.0977. The Morgan fingerprint density at radius 2 is 1.82 bits per heavy atom. The van der Waals surface area contributed by atoms with E-state index in [2.05, 4.69) is 24.3 Å². The zero-order valence-corrected chi connectivity index (χ0v) is 16.0. The predicted molar refractivity (Wildman–Crippen MR) is 108 cm³/mol. The molecule has 2 amide bonds. The van der Waals surface area contributed by atoms with Crippen LogP contribution in [0.4, 0.5) is 0 Å². The maximum absolute atomic E-state index is 13.0. The normalized spacial score (nSPS) is 15.0. The van der Waals surface area contributed by atoms with Gasteiger partial charge in [0, 0.05) is 32.6 Å². The SMILES string of the molecule is CN(Cc1cccc2ccccc12)C(=O)C1CCN(C(=O)c2ccoc2)CC1. The van der Waals surface area contributed by atoms with Gasteiger partial charge in [0.15, 0.2) is 0 Å². The lowest BCUT2D eigenvalue weighted by molar-refractivity contribution is -0.136. The van der Waals surface area contributed by atoms with Crippen LogP contribution >= 0.6 is 0 Å². The first-order chi connectivity index (χ1) is 13.6. The second-order valence-corrected chi connectivity index (χ2v) is 7.41. The molecule has 144 valence electrons. The van der Waals surface area contributed by atoms with Gasteiger partial charge in [-0.2, -0.15) is 0 Å². The van der Waals surface area contributed by atoms with Gasteiger partial charge in [0.05, 0.1) is 11.8 Å². The molecule has 2 heterocycles. The third kappa shape index (κ3) is 3.65. The minimum Gasteiger partial charge on any atom is -0.472 e. The van der Waals surface area contributed by atoms with Gasteiger partial charge in [-0.1, -0.05) is 42.5 Å². The van der Waals surface area contributed by atoms with Crippen LogP contribution in [-0.4, -0.2) is 41.8 Å². The largest absolute Gasteiger partial charge is 0.472 e. The summed E-state index contributed by atoms with van der Waals surface area (Å²) in [5, 5.41) is 2.37. The molecule has 1 aliphatic rings. The van der Waals surface area contributed by atoms with Crippen LogP contribution in [0.5, 0.6) is 0 Å². The summed E-state index contributed by atoms with van der Waals surface area (Å²) in [6, 6.07) is 16.1. The van der Waals surface area contributed by atoms with E-state index in [-0.39, 0.29) is 17.7 Å². The number of benzene rings is 2. The molecule has 1 aromatic heterocycles. The van der Waals surface area contributed by atoms with Crippen molar-refractivity contribution >= 4 is 22.6 Å². The first-order valence-electron chi connectivity index (χ1n) is 9.66. The molecule has 5 nitrogen and oxygen atoms in total. The number of carbonyl (C=O) groups is 2. The van der Waals surface area contributed by atoms with Crippen molar-refractivity contribution in [3.63, 3.8) is 0 Å². The number of hydrogen-bond donors (Lipinski definition) is 0. The molecule has 1 fully saturated rings. The van der Waals surface area contributed by atoms with Crippen LogP contribution in [0.2, 0.25) is 0 Å². The van der Waals surface area contributed by atoms with E-state index in [0.29, 0.717) is 38.0 Å². The molecule has 3 aromatic rings. The highest BCUT2D eigenvalue weighted by atomic mass is 16.3. The van der Waals surface area contributed by atoms with Crippen molar-refractivity contribution in [1.82, 2.24) is 9.80 Å². The highest BCUT2D eigenvalue weighted by Gasteiger charge is 2.29. The van der Waals surface area contributed by atoms with E-state index in [1.165, 1.54) is 23.3 Å². The van der Waals surface area contributed by atoms with Gasteiger partial charge in [-0.3, -0.25) is 9.59 Å². The molecule has 4 rings (SSSR count). The number of nitrogens with zero attached hydrogens (tertiary/aromatic N) is 2. The Morgan fingerprint density at radius 3 is 2.57 bits per heavy atom. The van der Waals surface area contributed by atoms with Crippen LogP contribution in [0, 0.1) is 5.92 Å². The third-order valence-electron chi connectivity index (χ3n) is 5.56. The number of likely N-dealkylation sites (tertiary alicyclic amines) is 1. The second-order valence-electron chi connectivity index (χ2n) is 7.41. The molecule has 0 saturated carbocycles. The van der Waals surface area contributed by atoms with Gasteiger partial charge in [0.1, 0.15) is 6.26 Å². The highest BCUT2D eigenvalue weighted by Crippen LogP contribution is 2.24. The quantitative estimate of drug-likeness (QED) is 0.693. The Bertz CT molecular complexity index is 967. The molecule has 0 spiro atoms. The molecule has 0 N–H and O–H groups in total. The Hall–Kier alpha value is -3.08. The second kappa shape index (κ2) is 7.89. The Balaban J connectivity index is 1.38. The van der Waals surface area contributed by atoms with Gasteiger partial charge in [-0.05, 0) is 35.2 Å². The first-order valence-corrected chi connectivity index (χ1v) is 9.66. The van der Waals surface area contributed by atoms with Crippen molar-refractivity contribution < 1.29 is 14.0 Å². The minimum atomic E-state index is -0.0339. The number of carbonyl (C=O) groups excluding carboxylic acids is 2. The zero-order chi connectivity index (χ0) is 19.5. The lowest BCUT2D eigenvalue weighted by Crippen LogP contribution is -2.43. The molecule has 0 atom stereocenters. The Kier molecular flexibility index (Phi) is 5.15. The van der Waals surface area contributed by atoms with Crippen molar-refractivity contribution in [2.24, 2.45) is 5.92 Å². The molecule has 28 heavy (non-hydrogen) atoms. The van der Waals surface area contributed by atoms with Crippen molar-refractivity contribution in [3.05, 3.63) is 72.2 Å². The first kappa shape index (κ1) is 18.3. The Labute approximate surface area is 164 Å². The molecule has 2 aromatic carbocycles. The molecule has 0 unspecified atom stereocenters. The van der Waals surface area contributed by atoms with Crippen LogP contribution in [0.25, 0.3) is 10.8 Å². The van der Waals surface area contributed by atoms with E-state index in [0.717, 1.165) is 5.56 Å². The molecule has 0 aliphatic carbocycles. The van der Waals surface area contributed by atoms with Gasteiger partial charge in [0.2, 0.25) is 5.91 Å². The van der Waals surface area contributed by atoms with Crippen LogP contribution < -0.4 is 0 Å². The molecule has 1 saturated heterocycles. The van der Waals surface area contributed by atoms with E-state index in [4.69, 9.17) is 4.42 Å². The topological polar surface area (TPSA) is 53.8 Å². The molecular formula is C23H24N2O3. The summed E-state index contributed by atoms with van der Waals surface area (Å²) in [7, 11) is 1.87. The fraction of sp³-hybridized carbons (Fsp3) is 0.304. The zero-order valence-electron chi connectivity index (χ0n) is 16.0. The Morgan fingerprint density at radius 1 is 1.07 bits per heavy atom. The number of amides is 2. The summed E-state index contributed by atoms with van der Waals surface area (Å²) in [4.78, 5) is 29.0. The molecule has 1 aliphatic heterocycles. The number of hydrogen-bond acceptors (Lipinski definition) is 3. The van der Waals surface area contributed by atoms with Crippen molar-refractivity contribution in [2.45, 2.75) is 19.4 Å². The predicted octanol–water partition coefficient (Wildman–Crippen LogP) is 3.94. The number of piperidine rings is 1. The van der Waals surface area contributed by atoms with Crippen LogP contribution in [0.3, 0.4) is 0 Å². The summed E-state index contributed by atoms with van der Waals surface area (Å²) in [6.07, 6.45) is 4.37. The summed E-state index contributed by atoms with van der Waals surface area (Å²) < 4.78 is 5.00. The minimum absolute atomic E-state index is 0.0243. The van der Waals surface area contributed by atoms with Crippen LogP contribution in [-0.2, 0) is 11.3 Å². The maximum atomic E-state index is 13.0. The van der Waals surface area contributed by atoms with Crippen molar-refractivity contribution in [3.8, 4) is 0 Å². The van der Waals surface area contributed by atoms with E-state index >= 15 is 0 Å². The van der Waals surface area contributed by atoms with Gasteiger partial charge in [-0.25, -0.2) is 0 Å². The fourth-order valence-electron chi connectivity index (χ4n) is 3.97. The number of rotatable bonds is 4. The average molecular weight is 376 g/mol. The van der Waals surface area contributed by atoms with E-state index in [9.17, 15) is 9.59 Å². The summed E-state index contributed by atoms with van der Waals surface area (Å²) in [5.41, 5.74) is 1.72. The number of fused-ring (bicyclic) bond motifs is 1. The highest BCUT2D eigenvalue weighted by molar-refractivity contribution is 5.94. The van der Waals surface area contributed by atoms with E-state index < -0.39 is 0 Å². The molecule has 0 radical (unpaired) electrons. The molecule has 5 heteroatoms. The van der Waals surface area contributed by atoms with Gasteiger partial charge >= 0.3 is 0 Å². The van der Waals surface area contributed by atoms with Crippen LogP contribution in [0.15, 0.2) is 65.5 Å². The van der Waals surface area contributed by atoms with E-state index in [1.54, 1.807) is 11.0 Å². The van der Waals surface area contributed by atoms with Gasteiger partial charge in [-0.15, -0.1) is 0 Å². The van der Waals surface area contributed by atoms with Crippen molar-refractivity contribution in [2.75, 3.05) is 20.1 Å². The fourth-order valence-corrected chi connectivity index (χ4v) is 3.97. The summed E-state index contributed by atoms with van der Waals surface area (Å²) >= 11 is 0. The van der Waals surface area contributed by atoms with Gasteiger partial charge < -0.3 is 14.2 Å². The molecular weight excluding hydrogens is 352 g/mol. The maximum Gasteiger partial charge on any atom is 0.257 e. The molecule has 0 bridgehead atoms.